The van der Waals surface area contributed by atoms with E-state index in [-0.39, 0.29) is 0 Å². The van der Waals surface area contributed by atoms with Crippen molar-refractivity contribution in [1.82, 2.24) is 0 Å². The molecule has 12 heavy (non-hydrogen) atoms. The van der Waals surface area contributed by atoms with Crippen LogP contribution in [0.1, 0.15) is 0 Å². The maximum absolute atomic E-state index is 5.76. The fraction of sp³-hybridized carbons (Fsp3) is 0.333. The first-order valence-electron chi connectivity index (χ1n) is 3.84. The Morgan fingerprint density at radius 1 is 1.58 bits per heavy atom. The molecule has 0 amide bonds. The highest BCUT2D eigenvalue weighted by Crippen LogP contribution is 2.18. The molecule has 3 heteroatoms. The summed E-state index contributed by atoms with van der Waals surface area (Å²) in [5.41, 5.74) is 0. The van der Waals surface area contributed by atoms with E-state index in [9.17, 15) is 0 Å². The number of ether oxygens (including phenoxy) is 2. The van der Waals surface area contributed by atoms with Gasteiger partial charge < -0.3 is 9.47 Å². The van der Waals surface area contributed by atoms with Gasteiger partial charge in [-0.1, -0.05) is 17.7 Å². The van der Waals surface area contributed by atoms with E-state index in [0.29, 0.717) is 17.7 Å². The number of benzene rings is 1. The zero-order chi connectivity index (χ0) is 8.39. The number of rotatable bonds is 3. The summed E-state index contributed by atoms with van der Waals surface area (Å²) >= 11 is 5.76. The number of halogens is 1. The van der Waals surface area contributed by atoms with Crippen LogP contribution < -0.4 is 4.74 Å². The van der Waals surface area contributed by atoms with Crippen molar-refractivity contribution in [3.63, 3.8) is 0 Å². The molecule has 1 fully saturated rings. The molecule has 1 aromatic carbocycles. The number of epoxide rings is 1. The molecule has 1 saturated heterocycles. The van der Waals surface area contributed by atoms with Crippen LogP contribution in [0.2, 0.25) is 5.02 Å². The van der Waals surface area contributed by atoms with Crippen molar-refractivity contribution in [2.75, 3.05) is 13.2 Å². The van der Waals surface area contributed by atoms with Crippen LogP contribution in [0, 0.1) is 0 Å². The average molecular weight is 185 g/mol. The quantitative estimate of drug-likeness (QED) is 0.672. The lowest BCUT2D eigenvalue weighted by Crippen LogP contribution is -2.03. The Morgan fingerprint density at radius 3 is 3.08 bits per heavy atom. The van der Waals surface area contributed by atoms with Gasteiger partial charge in [-0.15, -0.1) is 0 Å². The maximum atomic E-state index is 5.76. The molecule has 1 aliphatic rings. The van der Waals surface area contributed by atoms with Crippen LogP contribution >= 0.6 is 11.6 Å². The Balaban J connectivity index is 1.92. The Labute approximate surface area is 76.1 Å². The summed E-state index contributed by atoms with van der Waals surface area (Å²) < 4.78 is 10.4. The lowest BCUT2D eigenvalue weighted by atomic mass is 10.3. The third kappa shape index (κ3) is 2.13. The third-order valence-corrected chi connectivity index (χ3v) is 1.87. The lowest BCUT2D eigenvalue weighted by Gasteiger charge is -2.03. The van der Waals surface area contributed by atoms with Gasteiger partial charge in [-0.25, -0.2) is 0 Å². The molecule has 0 bridgehead atoms. The predicted octanol–water partition coefficient (Wildman–Crippen LogP) is 2.12. The molecule has 1 aromatic rings. The molecule has 0 aromatic heterocycles. The van der Waals surface area contributed by atoms with E-state index in [1.165, 1.54) is 0 Å². The summed E-state index contributed by atoms with van der Waals surface area (Å²) in [7, 11) is 0. The largest absolute Gasteiger partial charge is 0.491 e. The number of hydrogen-bond donors (Lipinski definition) is 0. The van der Waals surface area contributed by atoms with Crippen LogP contribution in [0.4, 0.5) is 0 Å². The van der Waals surface area contributed by atoms with E-state index in [2.05, 4.69) is 0 Å². The smallest absolute Gasteiger partial charge is 0.120 e. The summed E-state index contributed by atoms with van der Waals surface area (Å²) in [5, 5.41) is 0.698. The van der Waals surface area contributed by atoms with Crippen molar-refractivity contribution in [2.24, 2.45) is 0 Å². The van der Waals surface area contributed by atoms with Gasteiger partial charge in [-0.3, -0.25) is 0 Å². The van der Waals surface area contributed by atoms with Crippen molar-refractivity contribution in [3.05, 3.63) is 29.3 Å². The molecule has 2 rings (SSSR count). The first kappa shape index (κ1) is 7.90. The van der Waals surface area contributed by atoms with Gasteiger partial charge in [-0.2, -0.15) is 0 Å². The lowest BCUT2D eigenvalue weighted by molar-refractivity contribution is 0.263. The standard InChI is InChI=1S/C9H9ClO2/c10-7-2-1-3-8(4-7)11-5-9-6-12-9/h1-4,9H,5-6H2/t9-/m1/s1. The van der Waals surface area contributed by atoms with Crippen LogP contribution in [0.15, 0.2) is 24.3 Å². The van der Waals surface area contributed by atoms with E-state index >= 15 is 0 Å². The second kappa shape index (κ2) is 3.33. The normalized spacial score (nSPS) is 20.6. The number of hydrogen-bond acceptors (Lipinski definition) is 2. The molecule has 0 spiro atoms. The van der Waals surface area contributed by atoms with E-state index in [1.807, 2.05) is 18.2 Å². The topological polar surface area (TPSA) is 21.8 Å². The van der Waals surface area contributed by atoms with Crippen molar-refractivity contribution >= 4 is 11.6 Å². The van der Waals surface area contributed by atoms with Crippen LogP contribution in [0.3, 0.4) is 0 Å². The first-order chi connectivity index (χ1) is 5.84. The van der Waals surface area contributed by atoms with Gasteiger partial charge in [-0.05, 0) is 18.2 Å². The molecule has 1 atom stereocenters. The summed E-state index contributed by atoms with van der Waals surface area (Å²) in [6, 6.07) is 7.37. The van der Waals surface area contributed by atoms with Gasteiger partial charge in [0.1, 0.15) is 18.5 Å². The molecule has 2 nitrogen and oxygen atoms in total. The summed E-state index contributed by atoms with van der Waals surface area (Å²) in [4.78, 5) is 0. The molecule has 1 heterocycles. The van der Waals surface area contributed by atoms with Gasteiger partial charge in [0.05, 0.1) is 6.61 Å². The molecule has 0 radical (unpaired) electrons. The van der Waals surface area contributed by atoms with Crippen molar-refractivity contribution in [2.45, 2.75) is 6.10 Å². The van der Waals surface area contributed by atoms with Crippen LogP contribution in [0.25, 0.3) is 0 Å². The van der Waals surface area contributed by atoms with E-state index in [4.69, 9.17) is 21.1 Å². The molecular formula is C9H9ClO2. The minimum absolute atomic E-state index is 0.295. The van der Waals surface area contributed by atoms with Gasteiger partial charge in [0.2, 0.25) is 0 Å². The average Bonchev–Trinajstić information content (AvgIpc) is 2.84. The fourth-order valence-electron chi connectivity index (χ4n) is 0.910. The first-order valence-corrected chi connectivity index (χ1v) is 4.22. The molecule has 0 unspecified atom stereocenters. The molecule has 0 N–H and O–H groups in total. The zero-order valence-corrected chi connectivity index (χ0v) is 7.25. The predicted molar refractivity (Wildman–Crippen MR) is 46.7 cm³/mol. The Bertz CT molecular complexity index is 271. The highest BCUT2D eigenvalue weighted by atomic mass is 35.5. The monoisotopic (exact) mass is 184 g/mol. The van der Waals surface area contributed by atoms with Gasteiger partial charge >= 0.3 is 0 Å². The molecular weight excluding hydrogens is 176 g/mol. The van der Waals surface area contributed by atoms with Crippen molar-refractivity contribution in [1.29, 1.82) is 0 Å². The van der Waals surface area contributed by atoms with E-state index in [0.717, 1.165) is 12.4 Å². The Hall–Kier alpha value is -0.730. The zero-order valence-electron chi connectivity index (χ0n) is 6.50. The minimum Gasteiger partial charge on any atom is -0.491 e. The molecule has 0 saturated carbocycles. The molecule has 1 aliphatic heterocycles. The second-order valence-electron chi connectivity index (χ2n) is 2.72. The Morgan fingerprint density at radius 2 is 2.42 bits per heavy atom. The van der Waals surface area contributed by atoms with Gasteiger partial charge in [0.15, 0.2) is 0 Å². The van der Waals surface area contributed by atoms with Crippen LogP contribution in [0.5, 0.6) is 5.75 Å². The summed E-state index contributed by atoms with van der Waals surface area (Å²) in [6.07, 6.45) is 0.295. The van der Waals surface area contributed by atoms with E-state index in [1.54, 1.807) is 6.07 Å². The van der Waals surface area contributed by atoms with Crippen LogP contribution in [-0.2, 0) is 4.74 Å². The highest BCUT2D eigenvalue weighted by Gasteiger charge is 2.22. The molecule has 64 valence electrons. The fourth-order valence-corrected chi connectivity index (χ4v) is 1.09. The molecule has 0 aliphatic carbocycles. The summed E-state index contributed by atoms with van der Waals surface area (Å²) in [6.45, 7) is 1.45. The van der Waals surface area contributed by atoms with Crippen LogP contribution in [-0.4, -0.2) is 19.3 Å². The SMILES string of the molecule is Clc1cccc(OC[C@@H]2CO2)c1. The summed E-state index contributed by atoms with van der Waals surface area (Å²) in [5.74, 6) is 0.804. The van der Waals surface area contributed by atoms with E-state index < -0.39 is 0 Å². The minimum atomic E-state index is 0.295. The second-order valence-corrected chi connectivity index (χ2v) is 3.16. The Kier molecular flexibility index (Phi) is 2.19. The highest BCUT2D eigenvalue weighted by molar-refractivity contribution is 6.30. The van der Waals surface area contributed by atoms with Gasteiger partial charge in [0.25, 0.3) is 0 Å². The van der Waals surface area contributed by atoms with Gasteiger partial charge in [0, 0.05) is 5.02 Å². The third-order valence-electron chi connectivity index (χ3n) is 1.63. The van der Waals surface area contributed by atoms with Crippen molar-refractivity contribution < 1.29 is 9.47 Å². The maximum Gasteiger partial charge on any atom is 0.120 e. The van der Waals surface area contributed by atoms with Crippen molar-refractivity contribution in [3.8, 4) is 5.75 Å².